The molecule has 1 unspecified atom stereocenters. The third kappa shape index (κ3) is 1.45. The minimum absolute atomic E-state index is 0.202. The molecule has 1 N–H and O–H groups in total. The van der Waals surface area contributed by atoms with E-state index in [1.54, 1.807) is 6.07 Å². The number of hydrogen-bond donors (Lipinski definition) is 1. The number of fused-ring (bicyclic) bond motifs is 1. The second kappa shape index (κ2) is 3.31. The number of benzene rings is 1. The summed E-state index contributed by atoms with van der Waals surface area (Å²) < 4.78 is 23.3. The van der Waals surface area contributed by atoms with Gasteiger partial charge in [-0.15, -0.1) is 0 Å². The normalized spacial score (nSPS) is 19.5. The molecule has 0 spiro atoms. The predicted octanol–water partition coefficient (Wildman–Crippen LogP) is 1.88. The quantitative estimate of drug-likeness (QED) is 0.819. The third-order valence-electron chi connectivity index (χ3n) is 2.52. The van der Waals surface area contributed by atoms with Gasteiger partial charge >= 0.3 is 6.09 Å². The zero-order chi connectivity index (χ0) is 12.0. The number of imide groups is 1. The van der Waals surface area contributed by atoms with E-state index in [9.17, 15) is 14.0 Å². The first-order valence-electron chi connectivity index (χ1n) is 4.83. The lowest BCUT2D eigenvalue weighted by atomic mass is 10.1. The van der Waals surface area contributed by atoms with Crippen molar-refractivity contribution in [2.24, 2.45) is 0 Å². The molecule has 1 aromatic carbocycles. The SMILES string of the molecule is O=C1NC(=O)C(c2cc(F)cc3ccoc23)O1. The fourth-order valence-corrected chi connectivity index (χ4v) is 1.83. The van der Waals surface area contributed by atoms with Gasteiger partial charge in [0.25, 0.3) is 5.91 Å². The van der Waals surface area contributed by atoms with Gasteiger partial charge in [0.1, 0.15) is 11.4 Å². The summed E-state index contributed by atoms with van der Waals surface area (Å²) in [6.45, 7) is 0. The Balaban J connectivity index is 2.19. The van der Waals surface area contributed by atoms with Crippen molar-refractivity contribution in [2.75, 3.05) is 0 Å². The summed E-state index contributed by atoms with van der Waals surface area (Å²) in [5, 5.41) is 2.49. The molecule has 2 aromatic rings. The molecule has 2 heterocycles. The van der Waals surface area contributed by atoms with Gasteiger partial charge < -0.3 is 9.15 Å². The summed E-state index contributed by atoms with van der Waals surface area (Å²) >= 11 is 0. The molecule has 0 saturated carbocycles. The van der Waals surface area contributed by atoms with E-state index < -0.39 is 23.9 Å². The number of rotatable bonds is 1. The lowest BCUT2D eigenvalue weighted by molar-refractivity contribution is -0.123. The molecule has 1 aliphatic rings. The van der Waals surface area contributed by atoms with E-state index in [1.165, 1.54) is 12.3 Å². The Kier molecular flexibility index (Phi) is 1.91. The number of halogens is 1. The molecule has 2 amide bonds. The van der Waals surface area contributed by atoms with Crippen LogP contribution in [0.4, 0.5) is 9.18 Å². The molecular formula is C11H6FNO4. The van der Waals surface area contributed by atoms with E-state index in [2.05, 4.69) is 0 Å². The Bertz CT molecular complexity index is 633. The number of alkyl carbamates (subject to hydrolysis) is 1. The van der Waals surface area contributed by atoms with Crippen molar-refractivity contribution in [1.29, 1.82) is 0 Å². The van der Waals surface area contributed by atoms with Gasteiger partial charge in [-0.3, -0.25) is 10.1 Å². The molecular weight excluding hydrogens is 229 g/mol. The first kappa shape index (κ1) is 9.83. The van der Waals surface area contributed by atoms with E-state index >= 15 is 0 Å². The van der Waals surface area contributed by atoms with Gasteiger partial charge in [-0.1, -0.05) is 0 Å². The highest BCUT2D eigenvalue weighted by Crippen LogP contribution is 2.30. The molecule has 1 fully saturated rings. The number of amides is 2. The number of ether oxygens (including phenoxy) is 1. The molecule has 17 heavy (non-hydrogen) atoms. The van der Waals surface area contributed by atoms with Crippen LogP contribution in [-0.2, 0) is 9.53 Å². The largest absolute Gasteiger partial charge is 0.464 e. The van der Waals surface area contributed by atoms with Crippen molar-refractivity contribution in [1.82, 2.24) is 5.32 Å². The van der Waals surface area contributed by atoms with Crippen molar-refractivity contribution >= 4 is 23.0 Å². The van der Waals surface area contributed by atoms with Crippen LogP contribution in [0.5, 0.6) is 0 Å². The fraction of sp³-hybridized carbons (Fsp3) is 0.0909. The van der Waals surface area contributed by atoms with Gasteiger partial charge in [0.2, 0.25) is 6.10 Å². The summed E-state index contributed by atoms with van der Waals surface area (Å²) in [6.07, 6.45) is -0.627. The zero-order valence-electron chi connectivity index (χ0n) is 8.40. The first-order chi connectivity index (χ1) is 8.15. The van der Waals surface area contributed by atoms with Crippen LogP contribution in [0.3, 0.4) is 0 Å². The molecule has 0 aliphatic carbocycles. The summed E-state index contributed by atoms with van der Waals surface area (Å²) in [6, 6.07) is 3.96. The van der Waals surface area contributed by atoms with Crippen LogP contribution in [0.25, 0.3) is 11.0 Å². The van der Waals surface area contributed by atoms with E-state index in [0.717, 1.165) is 6.07 Å². The first-order valence-corrected chi connectivity index (χ1v) is 4.83. The van der Waals surface area contributed by atoms with Crippen molar-refractivity contribution in [3.05, 3.63) is 35.8 Å². The predicted molar refractivity (Wildman–Crippen MR) is 53.5 cm³/mol. The summed E-state index contributed by atoms with van der Waals surface area (Å²) in [4.78, 5) is 22.4. The number of hydrogen-bond acceptors (Lipinski definition) is 4. The van der Waals surface area contributed by atoms with E-state index in [-0.39, 0.29) is 5.56 Å². The smallest absolute Gasteiger partial charge is 0.415 e. The number of cyclic esters (lactones) is 1. The lowest BCUT2D eigenvalue weighted by Crippen LogP contribution is -2.20. The zero-order valence-corrected chi connectivity index (χ0v) is 8.40. The minimum Gasteiger partial charge on any atom is -0.464 e. The maximum atomic E-state index is 13.3. The monoisotopic (exact) mass is 235 g/mol. The number of carbonyl (C=O) groups is 2. The lowest BCUT2D eigenvalue weighted by Gasteiger charge is -2.07. The van der Waals surface area contributed by atoms with Crippen molar-refractivity contribution in [3.63, 3.8) is 0 Å². The topological polar surface area (TPSA) is 68.5 Å². The maximum absolute atomic E-state index is 13.3. The van der Waals surface area contributed by atoms with Gasteiger partial charge in [-0.25, -0.2) is 9.18 Å². The molecule has 3 rings (SSSR count). The Morgan fingerprint density at radius 1 is 1.29 bits per heavy atom. The molecule has 1 aromatic heterocycles. The van der Waals surface area contributed by atoms with Gasteiger partial charge in [0, 0.05) is 10.9 Å². The van der Waals surface area contributed by atoms with E-state index in [0.29, 0.717) is 11.0 Å². The molecule has 6 heteroatoms. The number of nitrogens with one attached hydrogen (secondary N) is 1. The van der Waals surface area contributed by atoms with Crippen LogP contribution in [0, 0.1) is 5.82 Å². The molecule has 1 atom stereocenters. The second-order valence-electron chi connectivity index (χ2n) is 3.61. The van der Waals surface area contributed by atoms with Crippen LogP contribution in [0.2, 0.25) is 0 Å². The van der Waals surface area contributed by atoms with Crippen LogP contribution in [0.15, 0.2) is 28.9 Å². The molecule has 1 aliphatic heterocycles. The molecule has 86 valence electrons. The fourth-order valence-electron chi connectivity index (χ4n) is 1.83. The van der Waals surface area contributed by atoms with Crippen molar-refractivity contribution in [3.8, 4) is 0 Å². The van der Waals surface area contributed by atoms with Gasteiger partial charge in [0.15, 0.2) is 0 Å². The van der Waals surface area contributed by atoms with E-state index in [4.69, 9.17) is 9.15 Å². The number of furan rings is 1. The highest BCUT2D eigenvalue weighted by molar-refractivity contribution is 6.02. The Hall–Kier alpha value is -2.37. The van der Waals surface area contributed by atoms with Gasteiger partial charge in [-0.2, -0.15) is 0 Å². The van der Waals surface area contributed by atoms with Crippen molar-refractivity contribution in [2.45, 2.75) is 6.10 Å². The van der Waals surface area contributed by atoms with E-state index in [1.807, 2.05) is 5.32 Å². The summed E-state index contributed by atoms with van der Waals surface area (Å²) in [5.41, 5.74) is 0.537. The Morgan fingerprint density at radius 2 is 2.12 bits per heavy atom. The van der Waals surface area contributed by atoms with Crippen LogP contribution in [-0.4, -0.2) is 12.0 Å². The van der Waals surface area contributed by atoms with Crippen LogP contribution >= 0.6 is 0 Å². The average Bonchev–Trinajstić information content (AvgIpc) is 2.83. The van der Waals surface area contributed by atoms with Gasteiger partial charge in [-0.05, 0) is 18.2 Å². The number of carbonyl (C=O) groups excluding carboxylic acids is 2. The van der Waals surface area contributed by atoms with Crippen LogP contribution in [0.1, 0.15) is 11.7 Å². The summed E-state index contributed by atoms with van der Waals surface area (Å²) in [7, 11) is 0. The maximum Gasteiger partial charge on any atom is 0.415 e. The second-order valence-corrected chi connectivity index (χ2v) is 3.61. The standard InChI is InChI=1S/C11H6FNO4/c12-6-3-5-1-2-16-8(5)7(4-6)9-10(14)13-11(15)17-9/h1-4,9H,(H,13,14,15). The Morgan fingerprint density at radius 3 is 2.82 bits per heavy atom. The van der Waals surface area contributed by atoms with Crippen LogP contribution < -0.4 is 5.32 Å². The molecule has 5 nitrogen and oxygen atoms in total. The van der Waals surface area contributed by atoms with Gasteiger partial charge in [0.05, 0.1) is 6.26 Å². The molecule has 1 saturated heterocycles. The molecule has 0 bridgehead atoms. The highest BCUT2D eigenvalue weighted by atomic mass is 19.1. The Labute approximate surface area is 94.1 Å². The minimum atomic E-state index is -1.16. The highest BCUT2D eigenvalue weighted by Gasteiger charge is 2.35. The summed E-state index contributed by atoms with van der Waals surface area (Å²) in [5.74, 6) is -1.15. The average molecular weight is 235 g/mol. The molecule has 0 radical (unpaired) electrons. The van der Waals surface area contributed by atoms with Crippen molar-refractivity contribution < 1.29 is 23.1 Å². The third-order valence-corrected chi connectivity index (χ3v) is 2.52.